The zero-order valence-corrected chi connectivity index (χ0v) is 17.7. The first kappa shape index (κ1) is 22.8. The number of amides is 2. The molecule has 0 saturated carbocycles. The molecule has 10 heteroatoms. The molecule has 2 amide bonds. The summed E-state index contributed by atoms with van der Waals surface area (Å²) < 4.78 is 58.5. The minimum absolute atomic E-state index is 0.100. The average Bonchev–Trinajstić information content (AvgIpc) is 3.09. The van der Waals surface area contributed by atoms with Gasteiger partial charge in [0.2, 0.25) is 5.91 Å². The number of hydrogen-bond donors (Lipinski definition) is 1. The summed E-state index contributed by atoms with van der Waals surface area (Å²) >= 11 is 0. The van der Waals surface area contributed by atoms with Crippen molar-refractivity contribution in [2.45, 2.75) is 13.1 Å². The van der Waals surface area contributed by atoms with Crippen molar-refractivity contribution < 1.29 is 31.6 Å². The van der Waals surface area contributed by atoms with Gasteiger partial charge < -0.3 is 14.6 Å². The molecule has 33 heavy (non-hydrogen) atoms. The number of anilines is 1. The standard InChI is InChI=1S/C23H21F4N3O3/c1-14-16-12-15(24)6-7-19(16)33-21(14)22(32)30-10-8-29(9-11-30)13-20(31)28-18-5-3-2-4-17(18)23(25,26)27/h2-7,12H,8-11,13H2,1H3,(H,28,31). The van der Waals surface area contributed by atoms with E-state index in [-0.39, 0.29) is 23.9 Å². The number of hydrogen-bond acceptors (Lipinski definition) is 4. The van der Waals surface area contributed by atoms with Crippen LogP contribution in [0.25, 0.3) is 11.0 Å². The van der Waals surface area contributed by atoms with Crippen molar-refractivity contribution >= 4 is 28.5 Å². The smallest absolute Gasteiger partial charge is 0.418 e. The van der Waals surface area contributed by atoms with Crippen LogP contribution in [-0.2, 0) is 11.0 Å². The summed E-state index contributed by atoms with van der Waals surface area (Å²) in [4.78, 5) is 28.6. The van der Waals surface area contributed by atoms with Crippen molar-refractivity contribution in [3.63, 3.8) is 0 Å². The largest absolute Gasteiger partial charge is 0.451 e. The summed E-state index contributed by atoms with van der Waals surface area (Å²) in [6.07, 6.45) is -4.57. The highest BCUT2D eigenvalue weighted by Crippen LogP contribution is 2.34. The third-order valence-electron chi connectivity index (χ3n) is 5.63. The summed E-state index contributed by atoms with van der Waals surface area (Å²) in [6.45, 7) is 2.96. The normalized spacial score (nSPS) is 15.1. The van der Waals surface area contributed by atoms with Crippen LogP contribution in [-0.4, -0.2) is 54.3 Å². The Labute approximate surface area is 186 Å². The van der Waals surface area contributed by atoms with Crippen LogP contribution in [0.2, 0.25) is 0 Å². The van der Waals surface area contributed by atoms with Crippen LogP contribution in [0.15, 0.2) is 46.9 Å². The summed E-state index contributed by atoms with van der Waals surface area (Å²) in [5.74, 6) is -1.17. The van der Waals surface area contributed by atoms with E-state index in [1.165, 1.54) is 36.4 Å². The van der Waals surface area contributed by atoms with Gasteiger partial charge >= 0.3 is 6.18 Å². The van der Waals surface area contributed by atoms with Gasteiger partial charge in [-0.2, -0.15) is 13.2 Å². The molecule has 0 bridgehead atoms. The third kappa shape index (κ3) is 4.85. The maximum absolute atomic E-state index is 13.5. The molecule has 0 atom stereocenters. The molecule has 1 aliphatic heterocycles. The van der Waals surface area contributed by atoms with Gasteiger partial charge in [-0.3, -0.25) is 14.5 Å². The van der Waals surface area contributed by atoms with E-state index in [0.717, 1.165) is 6.07 Å². The Morgan fingerprint density at radius 1 is 1.06 bits per heavy atom. The van der Waals surface area contributed by atoms with Crippen molar-refractivity contribution in [3.05, 3.63) is 65.2 Å². The van der Waals surface area contributed by atoms with Crippen LogP contribution in [0, 0.1) is 12.7 Å². The molecule has 3 aromatic rings. The molecule has 6 nitrogen and oxygen atoms in total. The lowest BCUT2D eigenvalue weighted by Crippen LogP contribution is -2.50. The van der Waals surface area contributed by atoms with E-state index in [1.807, 2.05) is 0 Å². The first-order chi connectivity index (χ1) is 15.6. The van der Waals surface area contributed by atoms with Crippen LogP contribution in [0.5, 0.6) is 0 Å². The SMILES string of the molecule is Cc1c(C(=O)N2CCN(CC(=O)Nc3ccccc3C(F)(F)F)CC2)oc2ccc(F)cc12. The fraction of sp³-hybridized carbons (Fsp3) is 0.304. The summed E-state index contributed by atoms with van der Waals surface area (Å²) in [5.41, 5.74) is -0.221. The molecular formula is C23H21F4N3O3. The quantitative estimate of drug-likeness (QED) is 0.587. The van der Waals surface area contributed by atoms with Gasteiger partial charge in [0.1, 0.15) is 11.4 Å². The number of para-hydroxylation sites is 1. The molecule has 1 aromatic heterocycles. The lowest BCUT2D eigenvalue weighted by Gasteiger charge is -2.34. The molecule has 0 radical (unpaired) electrons. The third-order valence-corrected chi connectivity index (χ3v) is 5.63. The molecule has 0 spiro atoms. The molecule has 1 N–H and O–H groups in total. The Bertz CT molecular complexity index is 1200. The first-order valence-corrected chi connectivity index (χ1v) is 10.3. The van der Waals surface area contributed by atoms with Crippen molar-refractivity contribution in [1.29, 1.82) is 0 Å². The van der Waals surface area contributed by atoms with Gasteiger partial charge in [-0.15, -0.1) is 0 Å². The molecule has 0 aliphatic carbocycles. The monoisotopic (exact) mass is 463 g/mol. The number of nitrogens with one attached hydrogen (secondary N) is 1. The fourth-order valence-electron chi connectivity index (χ4n) is 3.88. The first-order valence-electron chi connectivity index (χ1n) is 10.3. The van der Waals surface area contributed by atoms with E-state index >= 15 is 0 Å². The van der Waals surface area contributed by atoms with E-state index < -0.39 is 23.5 Å². The van der Waals surface area contributed by atoms with E-state index in [0.29, 0.717) is 42.7 Å². The van der Waals surface area contributed by atoms with Crippen molar-refractivity contribution in [2.75, 3.05) is 38.0 Å². The van der Waals surface area contributed by atoms with Gasteiger partial charge in [0.25, 0.3) is 5.91 Å². The zero-order valence-electron chi connectivity index (χ0n) is 17.7. The van der Waals surface area contributed by atoms with Gasteiger partial charge in [0.05, 0.1) is 17.8 Å². The molecule has 0 unspecified atom stereocenters. The van der Waals surface area contributed by atoms with Crippen molar-refractivity contribution in [1.82, 2.24) is 9.80 Å². The summed E-state index contributed by atoms with van der Waals surface area (Å²) in [5, 5.41) is 2.86. The highest BCUT2D eigenvalue weighted by atomic mass is 19.4. The Hall–Kier alpha value is -3.40. The van der Waals surface area contributed by atoms with E-state index in [2.05, 4.69) is 5.32 Å². The average molecular weight is 463 g/mol. The number of benzene rings is 2. The van der Waals surface area contributed by atoms with Gasteiger partial charge in [-0.25, -0.2) is 4.39 Å². The molecule has 174 valence electrons. The van der Waals surface area contributed by atoms with E-state index in [4.69, 9.17) is 4.42 Å². The van der Waals surface area contributed by atoms with Crippen LogP contribution >= 0.6 is 0 Å². The van der Waals surface area contributed by atoms with Crippen LogP contribution in [0.1, 0.15) is 21.7 Å². The van der Waals surface area contributed by atoms with Gasteiger partial charge in [0, 0.05) is 37.1 Å². The molecule has 2 heterocycles. The molecule has 1 saturated heterocycles. The highest BCUT2D eigenvalue weighted by Gasteiger charge is 2.34. The fourth-order valence-corrected chi connectivity index (χ4v) is 3.88. The van der Waals surface area contributed by atoms with E-state index in [9.17, 15) is 27.2 Å². The Morgan fingerprint density at radius 2 is 1.76 bits per heavy atom. The number of piperazine rings is 1. The number of aryl methyl sites for hydroxylation is 1. The maximum Gasteiger partial charge on any atom is 0.418 e. The van der Waals surface area contributed by atoms with Gasteiger partial charge in [-0.1, -0.05) is 12.1 Å². The van der Waals surface area contributed by atoms with Crippen LogP contribution in [0.4, 0.5) is 23.2 Å². The second-order valence-electron chi connectivity index (χ2n) is 7.86. The molecule has 4 rings (SSSR count). The number of alkyl halides is 3. The molecule has 1 fully saturated rings. The predicted octanol–water partition coefficient (Wildman–Crippen LogP) is 4.30. The second kappa shape index (κ2) is 8.86. The maximum atomic E-state index is 13.5. The number of carbonyl (C=O) groups is 2. The number of halogens is 4. The lowest BCUT2D eigenvalue weighted by atomic mass is 10.1. The van der Waals surface area contributed by atoms with Crippen LogP contribution < -0.4 is 5.32 Å². The van der Waals surface area contributed by atoms with Crippen molar-refractivity contribution in [3.8, 4) is 0 Å². The summed E-state index contributed by atoms with van der Waals surface area (Å²) in [6, 6.07) is 8.85. The molecule has 2 aromatic carbocycles. The number of rotatable bonds is 4. The van der Waals surface area contributed by atoms with Crippen molar-refractivity contribution in [2.24, 2.45) is 0 Å². The molecule has 1 aliphatic rings. The lowest BCUT2D eigenvalue weighted by molar-refractivity contribution is -0.137. The highest BCUT2D eigenvalue weighted by molar-refractivity contribution is 5.99. The minimum atomic E-state index is -4.57. The topological polar surface area (TPSA) is 65.8 Å². The van der Waals surface area contributed by atoms with Gasteiger partial charge in [0.15, 0.2) is 5.76 Å². The number of carbonyl (C=O) groups excluding carboxylic acids is 2. The number of nitrogens with zero attached hydrogens (tertiary/aromatic N) is 2. The number of furan rings is 1. The Kier molecular flexibility index (Phi) is 6.11. The number of fused-ring (bicyclic) bond motifs is 1. The molecular weight excluding hydrogens is 442 g/mol. The summed E-state index contributed by atoms with van der Waals surface area (Å²) in [7, 11) is 0. The van der Waals surface area contributed by atoms with Gasteiger partial charge in [-0.05, 0) is 37.3 Å². The Balaban J connectivity index is 1.35. The van der Waals surface area contributed by atoms with Crippen LogP contribution in [0.3, 0.4) is 0 Å². The second-order valence-corrected chi connectivity index (χ2v) is 7.86. The minimum Gasteiger partial charge on any atom is -0.451 e. The predicted molar refractivity (Wildman–Crippen MR) is 113 cm³/mol. The zero-order chi connectivity index (χ0) is 23.8. The van der Waals surface area contributed by atoms with E-state index in [1.54, 1.807) is 16.7 Å². The Morgan fingerprint density at radius 3 is 2.45 bits per heavy atom.